The summed E-state index contributed by atoms with van der Waals surface area (Å²) in [4.78, 5) is 12.8. The third kappa shape index (κ3) is 2.62. The maximum Gasteiger partial charge on any atom is 0.414 e. The van der Waals surface area contributed by atoms with Crippen molar-refractivity contribution in [3.05, 3.63) is 23.3 Å². The topological polar surface area (TPSA) is 55.6 Å². The standard InChI is InChI=1S/C11H16N2O2/c1-7-5-9(12)6-8(2)10(7)15-11(14)13(3)4/h5-6H,12H2,1-4H3. The van der Waals surface area contributed by atoms with Gasteiger partial charge in [0.2, 0.25) is 0 Å². The lowest BCUT2D eigenvalue weighted by Crippen LogP contribution is -2.25. The van der Waals surface area contributed by atoms with Crippen molar-refractivity contribution in [1.29, 1.82) is 0 Å². The van der Waals surface area contributed by atoms with Crippen LogP contribution in [0.2, 0.25) is 0 Å². The fourth-order valence-electron chi connectivity index (χ4n) is 1.32. The van der Waals surface area contributed by atoms with E-state index in [2.05, 4.69) is 0 Å². The Labute approximate surface area is 89.6 Å². The summed E-state index contributed by atoms with van der Waals surface area (Å²) in [5.74, 6) is 0.586. The van der Waals surface area contributed by atoms with E-state index in [0.29, 0.717) is 11.4 Å². The van der Waals surface area contributed by atoms with Gasteiger partial charge in [-0.25, -0.2) is 4.79 Å². The van der Waals surface area contributed by atoms with Gasteiger partial charge in [-0.1, -0.05) is 0 Å². The fourth-order valence-corrected chi connectivity index (χ4v) is 1.32. The maximum absolute atomic E-state index is 11.4. The van der Waals surface area contributed by atoms with Crippen molar-refractivity contribution >= 4 is 11.8 Å². The molecule has 1 amide bonds. The number of carbonyl (C=O) groups is 1. The van der Waals surface area contributed by atoms with E-state index in [-0.39, 0.29) is 6.09 Å². The van der Waals surface area contributed by atoms with Crippen molar-refractivity contribution in [3.8, 4) is 5.75 Å². The second-order valence-corrected chi connectivity index (χ2v) is 3.75. The van der Waals surface area contributed by atoms with E-state index < -0.39 is 0 Å². The Morgan fingerprint density at radius 1 is 1.27 bits per heavy atom. The molecule has 0 radical (unpaired) electrons. The highest BCUT2D eigenvalue weighted by Crippen LogP contribution is 2.26. The Morgan fingerprint density at radius 3 is 2.13 bits per heavy atom. The molecule has 4 nitrogen and oxygen atoms in total. The number of amides is 1. The molecule has 0 atom stereocenters. The van der Waals surface area contributed by atoms with Gasteiger partial charge in [-0.3, -0.25) is 0 Å². The Bertz CT molecular complexity index is 363. The first-order valence-corrected chi connectivity index (χ1v) is 4.67. The van der Waals surface area contributed by atoms with Gasteiger partial charge in [-0.15, -0.1) is 0 Å². The SMILES string of the molecule is Cc1cc(N)cc(C)c1OC(=O)N(C)C. The molecule has 0 saturated heterocycles. The van der Waals surface area contributed by atoms with E-state index in [0.717, 1.165) is 11.1 Å². The number of nitrogen functional groups attached to an aromatic ring is 1. The van der Waals surface area contributed by atoms with E-state index in [1.807, 2.05) is 13.8 Å². The molecule has 0 aromatic heterocycles. The quantitative estimate of drug-likeness (QED) is 0.717. The Hall–Kier alpha value is -1.71. The van der Waals surface area contributed by atoms with Crippen LogP contribution in [0.1, 0.15) is 11.1 Å². The van der Waals surface area contributed by atoms with Crippen LogP contribution in [0.15, 0.2) is 12.1 Å². The monoisotopic (exact) mass is 208 g/mol. The molecule has 0 aliphatic heterocycles. The predicted octanol–water partition coefficient (Wildman–Crippen LogP) is 1.95. The molecule has 4 heteroatoms. The fraction of sp³-hybridized carbons (Fsp3) is 0.364. The van der Waals surface area contributed by atoms with Crippen LogP contribution in [-0.2, 0) is 0 Å². The van der Waals surface area contributed by atoms with Crippen LogP contribution in [0, 0.1) is 13.8 Å². The van der Waals surface area contributed by atoms with Crippen LogP contribution in [0.25, 0.3) is 0 Å². The highest BCUT2D eigenvalue weighted by molar-refractivity contribution is 5.71. The van der Waals surface area contributed by atoms with Crippen molar-refractivity contribution in [2.24, 2.45) is 0 Å². The third-order valence-corrected chi connectivity index (χ3v) is 2.04. The Balaban J connectivity index is 3.00. The lowest BCUT2D eigenvalue weighted by molar-refractivity contribution is 0.171. The summed E-state index contributed by atoms with van der Waals surface area (Å²) in [5.41, 5.74) is 8.07. The summed E-state index contributed by atoms with van der Waals surface area (Å²) in [7, 11) is 3.29. The number of nitrogens with zero attached hydrogens (tertiary/aromatic N) is 1. The summed E-state index contributed by atoms with van der Waals surface area (Å²) < 4.78 is 5.22. The summed E-state index contributed by atoms with van der Waals surface area (Å²) in [5, 5.41) is 0. The van der Waals surface area contributed by atoms with E-state index in [1.54, 1.807) is 26.2 Å². The number of hydrogen-bond acceptors (Lipinski definition) is 3. The molecule has 1 rings (SSSR count). The lowest BCUT2D eigenvalue weighted by Gasteiger charge is -2.14. The van der Waals surface area contributed by atoms with Crippen LogP contribution >= 0.6 is 0 Å². The van der Waals surface area contributed by atoms with Gasteiger partial charge in [0.15, 0.2) is 0 Å². The molecule has 1 aromatic rings. The molecular formula is C11H16N2O2. The second-order valence-electron chi connectivity index (χ2n) is 3.75. The number of benzene rings is 1. The normalized spacial score (nSPS) is 9.87. The minimum absolute atomic E-state index is 0.383. The van der Waals surface area contributed by atoms with Gasteiger partial charge in [0, 0.05) is 19.8 Å². The smallest absolute Gasteiger partial charge is 0.410 e. The number of hydrogen-bond donors (Lipinski definition) is 1. The van der Waals surface area contributed by atoms with Crippen molar-refractivity contribution in [3.63, 3.8) is 0 Å². The highest BCUT2D eigenvalue weighted by Gasteiger charge is 2.11. The van der Waals surface area contributed by atoms with Gasteiger partial charge in [-0.05, 0) is 37.1 Å². The third-order valence-electron chi connectivity index (χ3n) is 2.04. The van der Waals surface area contributed by atoms with Crippen LogP contribution in [-0.4, -0.2) is 25.1 Å². The van der Waals surface area contributed by atoms with Gasteiger partial charge in [0.25, 0.3) is 0 Å². The van der Waals surface area contributed by atoms with Crippen molar-refractivity contribution in [2.75, 3.05) is 19.8 Å². The minimum Gasteiger partial charge on any atom is -0.410 e. The largest absolute Gasteiger partial charge is 0.414 e. The lowest BCUT2D eigenvalue weighted by atomic mass is 10.1. The van der Waals surface area contributed by atoms with Crippen LogP contribution in [0.4, 0.5) is 10.5 Å². The number of ether oxygens (including phenoxy) is 1. The minimum atomic E-state index is -0.383. The van der Waals surface area contributed by atoms with E-state index in [1.165, 1.54) is 4.90 Å². The van der Waals surface area contributed by atoms with Gasteiger partial charge < -0.3 is 15.4 Å². The number of carbonyl (C=O) groups excluding carboxylic acids is 1. The number of anilines is 1. The Kier molecular flexibility index (Phi) is 3.19. The molecule has 0 spiro atoms. The molecule has 0 fully saturated rings. The Morgan fingerprint density at radius 2 is 1.73 bits per heavy atom. The summed E-state index contributed by atoms with van der Waals surface area (Å²) >= 11 is 0. The van der Waals surface area contributed by atoms with Crippen LogP contribution < -0.4 is 10.5 Å². The van der Waals surface area contributed by atoms with E-state index >= 15 is 0 Å². The molecule has 0 unspecified atom stereocenters. The average molecular weight is 208 g/mol. The molecule has 0 aliphatic carbocycles. The van der Waals surface area contributed by atoms with Gasteiger partial charge in [-0.2, -0.15) is 0 Å². The van der Waals surface area contributed by atoms with Gasteiger partial charge in [0.05, 0.1) is 0 Å². The molecule has 0 bridgehead atoms. The summed E-state index contributed by atoms with van der Waals surface area (Å²) in [6.07, 6.45) is -0.383. The molecule has 0 aliphatic rings. The number of nitrogens with two attached hydrogens (primary N) is 1. The zero-order chi connectivity index (χ0) is 11.6. The molecule has 0 heterocycles. The molecule has 15 heavy (non-hydrogen) atoms. The molecule has 82 valence electrons. The highest BCUT2D eigenvalue weighted by atomic mass is 16.6. The number of rotatable bonds is 1. The molecular weight excluding hydrogens is 192 g/mol. The van der Waals surface area contributed by atoms with E-state index in [4.69, 9.17) is 10.5 Å². The van der Waals surface area contributed by atoms with Gasteiger partial charge >= 0.3 is 6.09 Å². The zero-order valence-electron chi connectivity index (χ0n) is 9.50. The van der Waals surface area contributed by atoms with Gasteiger partial charge in [0.1, 0.15) is 5.75 Å². The summed E-state index contributed by atoms with van der Waals surface area (Å²) in [6.45, 7) is 3.73. The van der Waals surface area contributed by atoms with Crippen LogP contribution in [0.3, 0.4) is 0 Å². The number of aryl methyl sites for hydroxylation is 2. The first-order chi connectivity index (χ1) is 6.91. The first kappa shape index (κ1) is 11.4. The van der Waals surface area contributed by atoms with E-state index in [9.17, 15) is 4.79 Å². The molecule has 0 saturated carbocycles. The second kappa shape index (κ2) is 4.21. The van der Waals surface area contributed by atoms with Crippen LogP contribution in [0.5, 0.6) is 5.75 Å². The molecule has 1 aromatic carbocycles. The van der Waals surface area contributed by atoms with Crippen molar-refractivity contribution < 1.29 is 9.53 Å². The zero-order valence-corrected chi connectivity index (χ0v) is 9.50. The predicted molar refractivity (Wildman–Crippen MR) is 60.0 cm³/mol. The van der Waals surface area contributed by atoms with Crippen molar-refractivity contribution in [2.45, 2.75) is 13.8 Å². The average Bonchev–Trinajstić information content (AvgIpc) is 2.10. The molecule has 2 N–H and O–H groups in total. The van der Waals surface area contributed by atoms with Crippen molar-refractivity contribution in [1.82, 2.24) is 4.90 Å². The summed E-state index contributed by atoms with van der Waals surface area (Å²) in [6, 6.07) is 3.57. The maximum atomic E-state index is 11.4. The first-order valence-electron chi connectivity index (χ1n) is 4.67.